The normalized spacial score (nSPS) is 22.0. The molecule has 1 aromatic carbocycles. The Kier molecular flexibility index (Phi) is 6.99. The number of hydrogen-bond acceptors (Lipinski definition) is 3. The van der Waals surface area contributed by atoms with Crippen molar-refractivity contribution in [3.63, 3.8) is 0 Å². The Bertz CT molecular complexity index is 524. The summed E-state index contributed by atoms with van der Waals surface area (Å²) >= 11 is 0. The fourth-order valence-corrected chi connectivity index (χ4v) is 3.17. The summed E-state index contributed by atoms with van der Waals surface area (Å²) in [4.78, 5) is 13.9. The van der Waals surface area contributed by atoms with E-state index in [0.717, 1.165) is 31.2 Å². The van der Waals surface area contributed by atoms with Crippen LogP contribution in [0.15, 0.2) is 24.3 Å². The van der Waals surface area contributed by atoms with Crippen molar-refractivity contribution in [2.24, 2.45) is 5.92 Å². The molecular formula is C18H27FN2O3. The van der Waals surface area contributed by atoms with Crippen LogP contribution >= 0.6 is 0 Å². The van der Waals surface area contributed by atoms with Gasteiger partial charge in [-0.3, -0.25) is 0 Å². The second-order valence-electron chi connectivity index (χ2n) is 6.45. The summed E-state index contributed by atoms with van der Waals surface area (Å²) in [6.07, 6.45) is 3.28. The summed E-state index contributed by atoms with van der Waals surface area (Å²) in [6.45, 7) is 0.847. The quantitative estimate of drug-likeness (QED) is 0.838. The lowest BCUT2D eigenvalue weighted by molar-refractivity contribution is 0.0556. The second kappa shape index (κ2) is 8.99. The van der Waals surface area contributed by atoms with Crippen LogP contribution in [0.5, 0.6) is 0 Å². The van der Waals surface area contributed by atoms with Crippen LogP contribution in [-0.4, -0.2) is 49.4 Å². The van der Waals surface area contributed by atoms with Gasteiger partial charge in [-0.15, -0.1) is 0 Å². The zero-order chi connectivity index (χ0) is 17.5. The number of nitrogens with zero attached hydrogens (tertiary/aromatic N) is 1. The lowest BCUT2D eigenvalue weighted by Gasteiger charge is -2.31. The number of benzene rings is 1. The van der Waals surface area contributed by atoms with Crippen molar-refractivity contribution < 1.29 is 19.0 Å². The van der Waals surface area contributed by atoms with E-state index in [1.807, 2.05) is 0 Å². The van der Waals surface area contributed by atoms with Gasteiger partial charge in [0.05, 0.1) is 12.2 Å². The van der Waals surface area contributed by atoms with Gasteiger partial charge in [0.2, 0.25) is 0 Å². The Hall–Kier alpha value is -1.66. The summed E-state index contributed by atoms with van der Waals surface area (Å²) in [5.41, 5.74) is 0.810. The Morgan fingerprint density at radius 3 is 2.67 bits per heavy atom. The molecule has 0 bridgehead atoms. The summed E-state index contributed by atoms with van der Waals surface area (Å²) in [5.74, 6) is -0.159. The highest BCUT2D eigenvalue weighted by atomic mass is 19.1. The highest BCUT2D eigenvalue weighted by Gasteiger charge is 2.25. The zero-order valence-corrected chi connectivity index (χ0v) is 14.4. The predicted octanol–water partition coefficient (Wildman–Crippen LogP) is 2.71. The molecule has 0 aromatic heterocycles. The summed E-state index contributed by atoms with van der Waals surface area (Å²) in [7, 11) is 3.29. The minimum Gasteiger partial charge on any atom is -0.393 e. The van der Waals surface area contributed by atoms with Crippen molar-refractivity contribution >= 4 is 6.03 Å². The van der Waals surface area contributed by atoms with Crippen molar-refractivity contribution in [3.8, 4) is 0 Å². The number of carbonyl (C=O) groups is 1. The number of nitrogens with one attached hydrogen (secondary N) is 1. The maximum atomic E-state index is 13.0. The van der Waals surface area contributed by atoms with Crippen LogP contribution in [-0.2, 0) is 4.74 Å². The molecule has 0 aliphatic heterocycles. The predicted molar refractivity (Wildman–Crippen MR) is 90.1 cm³/mol. The minimum atomic E-state index is -0.330. The first kappa shape index (κ1) is 18.7. The summed E-state index contributed by atoms with van der Waals surface area (Å²) in [6, 6.07) is 5.85. The van der Waals surface area contributed by atoms with Gasteiger partial charge in [0.25, 0.3) is 0 Å². The van der Waals surface area contributed by atoms with Crippen LogP contribution in [0.2, 0.25) is 0 Å². The first-order chi connectivity index (χ1) is 11.5. The van der Waals surface area contributed by atoms with Crippen molar-refractivity contribution in [3.05, 3.63) is 35.6 Å². The number of rotatable bonds is 6. The van der Waals surface area contributed by atoms with E-state index in [1.165, 1.54) is 12.1 Å². The van der Waals surface area contributed by atoms with Gasteiger partial charge in [0, 0.05) is 33.2 Å². The number of amides is 2. The van der Waals surface area contributed by atoms with Gasteiger partial charge in [0.1, 0.15) is 5.82 Å². The maximum Gasteiger partial charge on any atom is 0.317 e. The number of urea groups is 1. The Morgan fingerprint density at radius 1 is 1.38 bits per heavy atom. The number of aliphatic hydroxyl groups is 1. The standard InChI is InChI=1S/C18H27FN2O3/c1-21(12-14-5-3-4-6-16(14)22)18(23)20-11-17(24-2)13-7-9-15(19)10-8-13/h7-10,14,16-17,22H,3-6,11-12H2,1-2H3,(H,20,23). The zero-order valence-electron chi connectivity index (χ0n) is 14.4. The topological polar surface area (TPSA) is 61.8 Å². The van der Waals surface area contributed by atoms with Gasteiger partial charge in [-0.05, 0) is 30.5 Å². The molecule has 5 nitrogen and oxygen atoms in total. The van der Waals surface area contributed by atoms with Crippen LogP contribution < -0.4 is 5.32 Å². The molecule has 1 aromatic rings. The van der Waals surface area contributed by atoms with Crippen molar-refractivity contribution in [2.75, 3.05) is 27.2 Å². The van der Waals surface area contributed by atoms with Crippen molar-refractivity contribution in [2.45, 2.75) is 37.9 Å². The van der Waals surface area contributed by atoms with E-state index in [2.05, 4.69) is 5.32 Å². The van der Waals surface area contributed by atoms with Gasteiger partial charge in [-0.25, -0.2) is 9.18 Å². The molecule has 1 aliphatic carbocycles. The number of halogens is 1. The van der Waals surface area contributed by atoms with Gasteiger partial charge in [0.15, 0.2) is 0 Å². The van der Waals surface area contributed by atoms with E-state index < -0.39 is 0 Å². The van der Waals surface area contributed by atoms with E-state index in [4.69, 9.17) is 4.74 Å². The lowest BCUT2D eigenvalue weighted by atomic mass is 9.86. The summed E-state index contributed by atoms with van der Waals surface area (Å²) < 4.78 is 18.4. The Labute approximate surface area is 142 Å². The molecule has 1 saturated carbocycles. The molecule has 2 amide bonds. The Morgan fingerprint density at radius 2 is 2.04 bits per heavy atom. The third-order valence-electron chi connectivity index (χ3n) is 4.69. The number of carbonyl (C=O) groups excluding carboxylic acids is 1. The van der Waals surface area contributed by atoms with Crippen molar-refractivity contribution in [1.82, 2.24) is 10.2 Å². The summed E-state index contributed by atoms with van der Waals surface area (Å²) in [5, 5.41) is 12.9. The van der Waals surface area contributed by atoms with Crippen LogP contribution in [0.1, 0.15) is 37.4 Å². The molecule has 0 saturated heterocycles. The van der Waals surface area contributed by atoms with Crippen LogP contribution in [0.25, 0.3) is 0 Å². The van der Waals surface area contributed by atoms with Crippen molar-refractivity contribution in [1.29, 1.82) is 0 Å². The third kappa shape index (κ3) is 5.18. The molecule has 0 heterocycles. The smallest absolute Gasteiger partial charge is 0.317 e. The van der Waals surface area contributed by atoms with E-state index in [1.54, 1.807) is 31.2 Å². The monoisotopic (exact) mass is 338 g/mol. The number of aliphatic hydroxyl groups excluding tert-OH is 1. The van der Waals surface area contributed by atoms with E-state index in [9.17, 15) is 14.3 Å². The van der Waals surface area contributed by atoms with Crippen LogP contribution in [0.4, 0.5) is 9.18 Å². The molecule has 2 rings (SSSR count). The minimum absolute atomic E-state index is 0.143. The van der Waals surface area contributed by atoms with Gasteiger partial charge < -0.3 is 20.1 Å². The van der Waals surface area contributed by atoms with E-state index in [0.29, 0.717) is 13.1 Å². The first-order valence-electron chi connectivity index (χ1n) is 8.46. The molecular weight excluding hydrogens is 311 g/mol. The highest BCUT2D eigenvalue weighted by Crippen LogP contribution is 2.25. The van der Waals surface area contributed by atoms with Crippen LogP contribution in [0, 0.1) is 11.7 Å². The Balaban J connectivity index is 1.82. The second-order valence-corrected chi connectivity index (χ2v) is 6.45. The number of methoxy groups -OCH3 is 1. The molecule has 6 heteroatoms. The molecule has 24 heavy (non-hydrogen) atoms. The molecule has 3 unspecified atom stereocenters. The number of hydrogen-bond donors (Lipinski definition) is 2. The van der Waals surface area contributed by atoms with E-state index >= 15 is 0 Å². The molecule has 134 valence electrons. The van der Waals surface area contributed by atoms with Gasteiger partial charge in [-0.2, -0.15) is 0 Å². The SMILES string of the molecule is COC(CNC(=O)N(C)CC1CCCCC1O)c1ccc(F)cc1. The lowest BCUT2D eigenvalue weighted by Crippen LogP contribution is -2.44. The fourth-order valence-electron chi connectivity index (χ4n) is 3.17. The highest BCUT2D eigenvalue weighted by molar-refractivity contribution is 5.73. The average Bonchev–Trinajstić information content (AvgIpc) is 2.58. The third-order valence-corrected chi connectivity index (χ3v) is 4.69. The molecule has 1 fully saturated rings. The van der Waals surface area contributed by atoms with Gasteiger partial charge in [-0.1, -0.05) is 25.0 Å². The largest absolute Gasteiger partial charge is 0.393 e. The molecule has 2 N–H and O–H groups in total. The first-order valence-corrected chi connectivity index (χ1v) is 8.46. The molecule has 0 spiro atoms. The van der Waals surface area contributed by atoms with Gasteiger partial charge >= 0.3 is 6.03 Å². The molecule has 3 atom stereocenters. The number of ether oxygens (including phenoxy) is 1. The maximum absolute atomic E-state index is 13.0. The molecule has 1 aliphatic rings. The van der Waals surface area contributed by atoms with E-state index in [-0.39, 0.29) is 30.0 Å². The van der Waals surface area contributed by atoms with Crippen LogP contribution in [0.3, 0.4) is 0 Å². The fraction of sp³-hybridized carbons (Fsp3) is 0.611. The average molecular weight is 338 g/mol. The molecule has 0 radical (unpaired) electrons.